The van der Waals surface area contributed by atoms with E-state index >= 15 is 0 Å². The molecule has 0 unspecified atom stereocenters. The average Bonchev–Trinajstić information content (AvgIpc) is 2.94. The molecule has 0 bridgehead atoms. The van der Waals surface area contributed by atoms with E-state index in [9.17, 15) is 4.79 Å². The van der Waals surface area contributed by atoms with E-state index in [0.717, 1.165) is 28.4 Å². The molecule has 2 rings (SSSR count). The van der Waals surface area contributed by atoms with Gasteiger partial charge in [-0.1, -0.05) is 48.5 Å². The van der Waals surface area contributed by atoms with Crippen molar-refractivity contribution < 1.29 is 4.79 Å². The van der Waals surface area contributed by atoms with Gasteiger partial charge >= 0.3 is 0 Å². The van der Waals surface area contributed by atoms with Crippen LogP contribution >= 0.6 is 23.3 Å². The third kappa shape index (κ3) is 4.41. The highest BCUT2D eigenvalue weighted by Gasteiger charge is 2.12. The lowest BCUT2D eigenvalue weighted by atomic mass is 10.1. The molecule has 0 saturated carbocycles. The van der Waals surface area contributed by atoms with Gasteiger partial charge in [0.2, 0.25) is 10.3 Å². The smallest absolute Gasteiger partial charge is 0.268 e. The van der Waals surface area contributed by atoms with Crippen LogP contribution in [-0.4, -0.2) is 21.0 Å². The van der Waals surface area contributed by atoms with Gasteiger partial charge in [0.05, 0.1) is 0 Å². The van der Waals surface area contributed by atoms with E-state index in [1.807, 2.05) is 44.2 Å². The van der Waals surface area contributed by atoms with Gasteiger partial charge in [-0.15, -0.1) is 0 Å². The van der Waals surface area contributed by atoms with Crippen LogP contribution in [0.3, 0.4) is 0 Å². The Bertz CT molecular complexity index is 729. The maximum atomic E-state index is 12.1. The molecule has 1 amide bonds. The SMILES string of the molecule is CCSc1nsc(NC(=O)C(C#N)=Cc2ccc(C)cc2)n1. The molecule has 0 spiro atoms. The summed E-state index contributed by atoms with van der Waals surface area (Å²) in [7, 11) is 0. The number of carbonyl (C=O) groups excluding carboxylic acids is 1. The highest BCUT2D eigenvalue weighted by atomic mass is 32.2. The number of benzene rings is 1. The van der Waals surface area contributed by atoms with Crippen LogP contribution in [-0.2, 0) is 4.79 Å². The topological polar surface area (TPSA) is 78.7 Å². The van der Waals surface area contributed by atoms with Gasteiger partial charge in [0.25, 0.3) is 5.91 Å². The van der Waals surface area contributed by atoms with Crippen molar-refractivity contribution in [2.45, 2.75) is 19.0 Å². The van der Waals surface area contributed by atoms with Crippen LogP contribution in [0.2, 0.25) is 0 Å². The number of carbonyl (C=O) groups is 1. The maximum absolute atomic E-state index is 12.1. The molecule has 0 fully saturated rings. The average molecular weight is 330 g/mol. The molecule has 5 nitrogen and oxygen atoms in total. The first kappa shape index (κ1) is 16.2. The van der Waals surface area contributed by atoms with Crippen molar-refractivity contribution in [3.05, 3.63) is 41.0 Å². The number of aromatic nitrogens is 2. The first-order valence-electron chi connectivity index (χ1n) is 6.58. The number of hydrogen-bond acceptors (Lipinski definition) is 6. The lowest BCUT2D eigenvalue weighted by Gasteiger charge is -2.00. The Hall–Kier alpha value is -2.17. The third-order valence-corrected chi connectivity index (χ3v) is 4.13. The van der Waals surface area contributed by atoms with Gasteiger partial charge in [-0.25, -0.2) is 0 Å². The fourth-order valence-corrected chi connectivity index (χ4v) is 2.86. The zero-order valence-electron chi connectivity index (χ0n) is 12.2. The fourth-order valence-electron chi connectivity index (χ4n) is 1.59. The normalized spacial score (nSPS) is 11.0. The molecule has 1 aromatic heterocycles. The number of thioether (sulfide) groups is 1. The van der Waals surface area contributed by atoms with Crippen molar-refractivity contribution in [1.29, 1.82) is 5.26 Å². The minimum Gasteiger partial charge on any atom is -0.296 e. The number of aryl methyl sites for hydroxylation is 1. The van der Waals surface area contributed by atoms with Crippen LogP contribution in [0.25, 0.3) is 6.08 Å². The zero-order chi connectivity index (χ0) is 15.9. The summed E-state index contributed by atoms with van der Waals surface area (Å²) in [6.07, 6.45) is 1.55. The minimum atomic E-state index is -0.479. The predicted octanol–water partition coefficient (Wildman–Crippen LogP) is 3.50. The van der Waals surface area contributed by atoms with Crippen LogP contribution in [0.1, 0.15) is 18.1 Å². The molecule has 0 aliphatic rings. The van der Waals surface area contributed by atoms with E-state index in [2.05, 4.69) is 14.7 Å². The van der Waals surface area contributed by atoms with Crippen molar-refractivity contribution in [2.24, 2.45) is 0 Å². The molecular formula is C15H14N4OS2. The Morgan fingerprint density at radius 3 is 2.82 bits per heavy atom. The molecule has 2 aromatic rings. The molecule has 1 N–H and O–H groups in total. The highest BCUT2D eigenvalue weighted by Crippen LogP contribution is 2.20. The van der Waals surface area contributed by atoms with Crippen molar-refractivity contribution in [3.63, 3.8) is 0 Å². The van der Waals surface area contributed by atoms with Crippen molar-refractivity contribution >= 4 is 40.4 Å². The van der Waals surface area contributed by atoms with E-state index in [0.29, 0.717) is 10.3 Å². The summed E-state index contributed by atoms with van der Waals surface area (Å²) in [6.45, 7) is 3.98. The van der Waals surface area contributed by atoms with Crippen molar-refractivity contribution in [1.82, 2.24) is 9.36 Å². The summed E-state index contributed by atoms with van der Waals surface area (Å²) in [6, 6.07) is 9.50. The van der Waals surface area contributed by atoms with E-state index in [4.69, 9.17) is 5.26 Å². The quantitative estimate of drug-likeness (QED) is 0.515. The number of anilines is 1. The van der Waals surface area contributed by atoms with Gasteiger partial charge in [0, 0.05) is 11.5 Å². The minimum absolute atomic E-state index is 0.0312. The number of rotatable bonds is 5. The molecule has 1 aromatic carbocycles. The van der Waals surface area contributed by atoms with Crippen LogP contribution < -0.4 is 5.32 Å². The lowest BCUT2D eigenvalue weighted by Crippen LogP contribution is -2.13. The molecule has 22 heavy (non-hydrogen) atoms. The second-order valence-electron chi connectivity index (χ2n) is 4.35. The maximum Gasteiger partial charge on any atom is 0.268 e. The Morgan fingerprint density at radius 2 is 2.18 bits per heavy atom. The number of nitrogens with zero attached hydrogens (tertiary/aromatic N) is 3. The zero-order valence-corrected chi connectivity index (χ0v) is 13.8. The number of hydrogen-bond donors (Lipinski definition) is 1. The summed E-state index contributed by atoms with van der Waals surface area (Å²) < 4.78 is 4.11. The third-order valence-electron chi connectivity index (χ3n) is 2.65. The van der Waals surface area contributed by atoms with Gasteiger partial charge in [-0.2, -0.15) is 14.6 Å². The summed E-state index contributed by atoms with van der Waals surface area (Å²) in [5, 5.41) is 12.8. The van der Waals surface area contributed by atoms with Crippen molar-refractivity contribution in [3.8, 4) is 6.07 Å². The molecule has 112 valence electrons. The number of nitrogens with one attached hydrogen (secondary N) is 1. The molecule has 0 saturated heterocycles. The Balaban J connectivity index is 2.11. The molecule has 0 radical (unpaired) electrons. The van der Waals surface area contributed by atoms with Crippen LogP contribution in [0.5, 0.6) is 0 Å². The van der Waals surface area contributed by atoms with Gasteiger partial charge < -0.3 is 0 Å². The predicted molar refractivity (Wildman–Crippen MR) is 89.7 cm³/mol. The monoisotopic (exact) mass is 330 g/mol. The molecular weight excluding hydrogens is 316 g/mol. The van der Waals surface area contributed by atoms with Gasteiger partial charge in [-0.3, -0.25) is 10.1 Å². The van der Waals surface area contributed by atoms with Gasteiger partial charge in [-0.05, 0) is 24.3 Å². The molecule has 7 heteroatoms. The fraction of sp³-hybridized carbons (Fsp3) is 0.200. The van der Waals surface area contributed by atoms with Crippen LogP contribution in [0.4, 0.5) is 5.13 Å². The molecule has 1 heterocycles. The summed E-state index contributed by atoms with van der Waals surface area (Å²) in [5.41, 5.74) is 1.95. The van der Waals surface area contributed by atoms with E-state index < -0.39 is 5.91 Å². The molecule has 0 aliphatic heterocycles. The van der Waals surface area contributed by atoms with E-state index in [1.54, 1.807) is 6.08 Å². The highest BCUT2D eigenvalue weighted by molar-refractivity contribution is 7.99. The largest absolute Gasteiger partial charge is 0.296 e. The summed E-state index contributed by atoms with van der Waals surface area (Å²) in [4.78, 5) is 16.3. The van der Waals surface area contributed by atoms with Gasteiger partial charge in [0.1, 0.15) is 11.6 Å². The lowest BCUT2D eigenvalue weighted by molar-refractivity contribution is -0.112. The van der Waals surface area contributed by atoms with Gasteiger partial charge in [0.15, 0.2) is 0 Å². The molecule has 0 aliphatic carbocycles. The van der Waals surface area contributed by atoms with E-state index in [-0.39, 0.29) is 5.57 Å². The number of amides is 1. The standard InChI is InChI=1S/C15H14N4OS2/c1-3-21-15-18-14(22-19-15)17-13(20)12(9-16)8-11-6-4-10(2)5-7-11/h4-8H,3H2,1-2H3,(H,17,18,19,20). The van der Waals surface area contributed by atoms with Crippen LogP contribution in [0, 0.1) is 18.3 Å². The van der Waals surface area contributed by atoms with Crippen molar-refractivity contribution in [2.75, 3.05) is 11.1 Å². The molecule has 0 atom stereocenters. The second kappa shape index (κ2) is 7.73. The Morgan fingerprint density at radius 1 is 1.45 bits per heavy atom. The summed E-state index contributed by atoms with van der Waals surface area (Å²) >= 11 is 2.60. The number of nitriles is 1. The van der Waals surface area contributed by atoms with E-state index in [1.165, 1.54) is 11.8 Å². The Kier molecular flexibility index (Phi) is 5.69. The second-order valence-corrected chi connectivity index (χ2v) is 6.33. The van der Waals surface area contributed by atoms with Crippen LogP contribution in [0.15, 0.2) is 35.0 Å². The first-order chi connectivity index (χ1) is 10.6. The first-order valence-corrected chi connectivity index (χ1v) is 8.34. The summed E-state index contributed by atoms with van der Waals surface area (Å²) in [5.74, 6) is 0.383. The Labute approximate surface area is 137 Å².